The van der Waals surface area contributed by atoms with Gasteiger partial charge in [-0.15, -0.1) is 0 Å². The second-order valence-corrected chi connectivity index (χ2v) is 7.19. The van der Waals surface area contributed by atoms with Gasteiger partial charge in [0.25, 0.3) is 0 Å². The maximum absolute atomic E-state index is 3.64. The van der Waals surface area contributed by atoms with Crippen LogP contribution in [0, 0.1) is 0 Å². The molecule has 0 aliphatic rings. The molecule has 0 fully saturated rings. The van der Waals surface area contributed by atoms with Crippen LogP contribution in [0.5, 0.6) is 0 Å². The summed E-state index contributed by atoms with van der Waals surface area (Å²) in [5.74, 6) is 0. The van der Waals surface area contributed by atoms with E-state index in [1.807, 2.05) is 0 Å². The molecule has 0 spiro atoms. The van der Waals surface area contributed by atoms with Gasteiger partial charge in [0, 0.05) is 11.8 Å². The number of quaternary nitrogens is 1. The van der Waals surface area contributed by atoms with Crippen LogP contribution in [0.4, 0.5) is 0 Å². The lowest BCUT2D eigenvalue weighted by Gasteiger charge is -2.39. The van der Waals surface area contributed by atoms with Gasteiger partial charge in [-0.3, -0.25) is 0 Å². The summed E-state index contributed by atoms with van der Waals surface area (Å²) < 4.78 is 1.41. The van der Waals surface area contributed by atoms with Crippen LogP contribution in [0.3, 0.4) is 0 Å². The number of halogens is 2. The Morgan fingerprint density at radius 3 is 1.52 bits per heavy atom. The van der Waals surface area contributed by atoms with Gasteiger partial charge >= 0.3 is 0 Å². The maximum Gasteiger partial charge on any atom is 0.0794 e. The molecule has 0 saturated heterocycles. The van der Waals surface area contributed by atoms with Crippen LogP contribution in [-0.4, -0.2) is 36.0 Å². The van der Waals surface area contributed by atoms with E-state index in [2.05, 4.69) is 36.7 Å². The summed E-state index contributed by atoms with van der Waals surface area (Å²) in [5, 5.41) is 1.17. The first kappa shape index (κ1) is 24.0. The summed E-state index contributed by atoms with van der Waals surface area (Å²) >= 11 is 3.64. The fourth-order valence-electron chi connectivity index (χ4n) is 3.13. The van der Waals surface area contributed by atoms with Gasteiger partial charge in [-0.1, -0.05) is 62.4 Å². The van der Waals surface area contributed by atoms with E-state index >= 15 is 0 Å². The Hall–Kier alpha value is 0.730. The van der Waals surface area contributed by atoms with Gasteiger partial charge in [-0.25, -0.2) is 0 Å². The molecule has 0 saturated carbocycles. The van der Waals surface area contributed by atoms with Crippen molar-refractivity contribution in [2.24, 2.45) is 0 Å². The van der Waals surface area contributed by atoms with E-state index in [1.54, 1.807) is 0 Å². The van der Waals surface area contributed by atoms with Crippen LogP contribution in [0.1, 0.15) is 85.0 Å². The van der Waals surface area contributed by atoms with Crippen molar-refractivity contribution in [3.63, 3.8) is 0 Å². The van der Waals surface area contributed by atoms with Gasteiger partial charge < -0.3 is 16.9 Å². The summed E-state index contributed by atoms with van der Waals surface area (Å²) in [6.45, 7) is 12.6. The molecule has 0 radical (unpaired) electrons. The lowest BCUT2D eigenvalue weighted by Crippen LogP contribution is -3.00. The largest absolute Gasteiger partial charge is 1.00 e. The zero-order chi connectivity index (χ0) is 15.1. The Bertz CT molecular complexity index is 192. The van der Waals surface area contributed by atoms with Crippen molar-refractivity contribution in [2.75, 3.05) is 31.5 Å². The second kappa shape index (κ2) is 17.1. The highest BCUT2D eigenvalue weighted by molar-refractivity contribution is 9.09. The molecular weight excluding hydrogens is 346 g/mol. The fourth-order valence-corrected chi connectivity index (χ4v) is 3.38. The molecule has 1 unspecified atom stereocenters. The SMILES string of the molecule is CCCCCC[N+](CCCC)(CCCBr)CCCCC.[Cl-]. The van der Waals surface area contributed by atoms with Crippen molar-refractivity contribution in [1.82, 2.24) is 0 Å². The van der Waals surface area contributed by atoms with E-state index < -0.39 is 0 Å². The third-order valence-corrected chi connectivity index (χ3v) is 5.03. The summed E-state index contributed by atoms with van der Waals surface area (Å²) in [7, 11) is 0. The topological polar surface area (TPSA) is 0 Å². The van der Waals surface area contributed by atoms with Crippen LogP contribution < -0.4 is 12.4 Å². The van der Waals surface area contributed by atoms with Crippen molar-refractivity contribution in [3.8, 4) is 0 Å². The normalized spacial score (nSPS) is 13.7. The van der Waals surface area contributed by atoms with Gasteiger partial charge in [0.15, 0.2) is 0 Å². The van der Waals surface area contributed by atoms with Crippen molar-refractivity contribution in [3.05, 3.63) is 0 Å². The van der Waals surface area contributed by atoms with E-state index in [4.69, 9.17) is 0 Å². The highest BCUT2D eigenvalue weighted by Gasteiger charge is 2.25. The third-order valence-electron chi connectivity index (χ3n) is 4.47. The average molecular weight is 385 g/mol. The van der Waals surface area contributed by atoms with Crippen molar-refractivity contribution in [1.29, 1.82) is 0 Å². The predicted molar refractivity (Wildman–Crippen MR) is 96.7 cm³/mol. The number of hydrogen-bond acceptors (Lipinski definition) is 0. The molecule has 0 aromatic heterocycles. The quantitative estimate of drug-likeness (QED) is 0.231. The summed E-state index contributed by atoms with van der Waals surface area (Å²) in [6.07, 6.45) is 13.9. The first-order valence-corrected chi connectivity index (χ1v) is 10.3. The Kier molecular flexibility index (Phi) is 19.5. The molecule has 1 nitrogen and oxygen atoms in total. The molecule has 0 aliphatic carbocycles. The van der Waals surface area contributed by atoms with Gasteiger partial charge in [0.05, 0.1) is 26.2 Å². The molecular formula is C18H39BrClN. The number of rotatable bonds is 15. The van der Waals surface area contributed by atoms with E-state index in [0.29, 0.717) is 0 Å². The first-order valence-electron chi connectivity index (χ1n) is 9.15. The van der Waals surface area contributed by atoms with Crippen LogP contribution in [0.2, 0.25) is 0 Å². The van der Waals surface area contributed by atoms with Gasteiger partial charge in [0.2, 0.25) is 0 Å². The third kappa shape index (κ3) is 12.9. The molecule has 0 rings (SSSR count). The van der Waals surface area contributed by atoms with Crippen LogP contribution >= 0.6 is 15.9 Å². The monoisotopic (exact) mass is 383 g/mol. The molecule has 0 aromatic carbocycles. The second-order valence-electron chi connectivity index (χ2n) is 6.40. The molecule has 0 N–H and O–H groups in total. The minimum absolute atomic E-state index is 0. The Morgan fingerprint density at radius 2 is 1.00 bits per heavy atom. The molecule has 0 heterocycles. The van der Waals surface area contributed by atoms with E-state index in [0.717, 1.165) is 0 Å². The lowest BCUT2D eigenvalue weighted by molar-refractivity contribution is -0.928. The van der Waals surface area contributed by atoms with Crippen molar-refractivity contribution < 1.29 is 16.9 Å². The standard InChI is InChI=1S/C18H39BrN.ClH/c1-4-7-10-12-17-20(15-9-6-3,18-13-14-19)16-11-8-5-2;/h4-18H2,1-3H3;1H/q+1;/p-1. The Balaban J connectivity index is 0. The Morgan fingerprint density at radius 1 is 0.571 bits per heavy atom. The van der Waals surface area contributed by atoms with E-state index in [9.17, 15) is 0 Å². The molecule has 0 aromatic rings. The summed E-state index contributed by atoms with van der Waals surface area (Å²) in [5.41, 5.74) is 0. The molecule has 0 aliphatic heterocycles. The van der Waals surface area contributed by atoms with Crippen molar-refractivity contribution >= 4 is 15.9 Å². The van der Waals surface area contributed by atoms with Crippen molar-refractivity contribution in [2.45, 2.75) is 85.0 Å². The minimum Gasteiger partial charge on any atom is -1.00 e. The fraction of sp³-hybridized carbons (Fsp3) is 1.00. The zero-order valence-electron chi connectivity index (χ0n) is 14.8. The molecule has 1 atom stereocenters. The number of nitrogens with zero attached hydrogens (tertiary/aromatic N) is 1. The van der Waals surface area contributed by atoms with Crippen LogP contribution in [0.25, 0.3) is 0 Å². The minimum atomic E-state index is 0. The molecule has 130 valence electrons. The summed E-state index contributed by atoms with van der Waals surface area (Å²) in [6, 6.07) is 0. The molecule has 21 heavy (non-hydrogen) atoms. The highest BCUT2D eigenvalue weighted by atomic mass is 79.9. The highest BCUT2D eigenvalue weighted by Crippen LogP contribution is 2.17. The van der Waals surface area contributed by atoms with E-state index in [-0.39, 0.29) is 12.4 Å². The Labute approximate surface area is 149 Å². The van der Waals surface area contributed by atoms with Gasteiger partial charge in [-0.2, -0.15) is 0 Å². The number of unbranched alkanes of at least 4 members (excludes halogenated alkanes) is 6. The summed E-state index contributed by atoms with van der Waals surface area (Å²) in [4.78, 5) is 0. The van der Waals surface area contributed by atoms with Gasteiger partial charge in [0.1, 0.15) is 0 Å². The van der Waals surface area contributed by atoms with Crippen LogP contribution in [0.15, 0.2) is 0 Å². The maximum atomic E-state index is 3.64. The predicted octanol–water partition coefficient (Wildman–Crippen LogP) is 3.16. The number of alkyl halides is 1. The van der Waals surface area contributed by atoms with Gasteiger partial charge in [-0.05, 0) is 32.1 Å². The zero-order valence-corrected chi connectivity index (χ0v) is 17.2. The van der Waals surface area contributed by atoms with Crippen LogP contribution in [-0.2, 0) is 0 Å². The van der Waals surface area contributed by atoms with E-state index in [1.165, 1.54) is 100 Å². The smallest absolute Gasteiger partial charge is 0.0794 e. The average Bonchev–Trinajstić information content (AvgIpc) is 2.47. The molecule has 0 bridgehead atoms. The lowest BCUT2D eigenvalue weighted by atomic mass is 10.1. The molecule has 0 amide bonds. The first-order chi connectivity index (χ1) is 9.74. The number of hydrogen-bond donors (Lipinski definition) is 0. The molecule has 3 heteroatoms.